The molecule has 11 nitrogen and oxygen atoms in total. The number of carbonyl (C=O) groups is 1. The Hall–Kier alpha value is -3.08. The minimum Gasteiger partial charge on any atom is -0.289 e. The van der Waals surface area contributed by atoms with Gasteiger partial charge >= 0.3 is 5.69 Å². The van der Waals surface area contributed by atoms with Crippen LogP contribution in [-0.2, 0) is 13.1 Å². The Morgan fingerprint density at radius 1 is 1.38 bits per heavy atom. The van der Waals surface area contributed by atoms with E-state index in [1.165, 1.54) is 32.4 Å². The molecule has 0 aliphatic rings. The van der Waals surface area contributed by atoms with Crippen molar-refractivity contribution in [1.29, 1.82) is 0 Å². The SMILES string of the molecule is NNC(=O)c1cn(CCn2nc3cnccn3c2=O)nn1. The summed E-state index contributed by atoms with van der Waals surface area (Å²) in [6, 6.07) is 0. The maximum atomic E-state index is 12.0. The van der Waals surface area contributed by atoms with Crippen LogP contribution in [0.15, 0.2) is 29.6 Å². The number of fused-ring (bicyclic) bond motifs is 1. The van der Waals surface area contributed by atoms with Crippen molar-refractivity contribution in [3.8, 4) is 0 Å². The Kier molecular flexibility index (Phi) is 3.16. The molecule has 1 amide bonds. The van der Waals surface area contributed by atoms with E-state index in [4.69, 9.17) is 5.84 Å². The second kappa shape index (κ2) is 5.13. The highest BCUT2D eigenvalue weighted by Gasteiger charge is 2.10. The van der Waals surface area contributed by atoms with Crippen LogP contribution in [0.4, 0.5) is 0 Å². The lowest BCUT2D eigenvalue weighted by Crippen LogP contribution is -2.30. The number of hydrazine groups is 1. The fraction of sp³-hybridized carbons (Fsp3) is 0.200. The molecule has 0 radical (unpaired) electrons. The van der Waals surface area contributed by atoms with Crippen LogP contribution in [0, 0.1) is 0 Å². The normalized spacial score (nSPS) is 10.9. The highest BCUT2D eigenvalue weighted by molar-refractivity contribution is 5.91. The molecule has 3 rings (SSSR count). The van der Waals surface area contributed by atoms with Crippen molar-refractivity contribution in [2.24, 2.45) is 5.84 Å². The van der Waals surface area contributed by atoms with Gasteiger partial charge in [0, 0.05) is 12.4 Å². The van der Waals surface area contributed by atoms with Crippen LogP contribution in [-0.4, -0.2) is 40.1 Å². The second-order valence-corrected chi connectivity index (χ2v) is 4.15. The lowest BCUT2D eigenvalue weighted by molar-refractivity contribution is 0.0948. The van der Waals surface area contributed by atoms with Crippen molar-refractivity contribution in [2.75, 3.05) is 0 Å². The third kappa shape index (κ3) is 2.36. The van der Waals surface area contributed by atoms with Gasteiger partial charge in [0.05, 0.1) is 25.5 Å². The molecule has 0 aromatic carbocycles. The van der Waals surface area contributed by atoms with Gasteiger partial charge in [0.15, 0.2) is 11.3 Å². The molecule has 21 heavy (non-hydrogen) atoms. The van der Waals surface area contributed by atoms with E-state index in [2.05, 4.69) is 20.4 Å². The minimum absolute atomic E-state index is 0.101. The Morgan fingerprint density at radius 2 is 2.24 bits per heavy atom. The first kappa shape index (κ1) is 12.9. The first-order valence-corrected chi connectivity index (χ1v) is 5.99. The van der Waals surface area contributed by atoms with Crippen LogP contribution in [0.3, 0.4) is 0 Å². The van der Waals surface area contributed by atoms with E-state index in [1.807, 2.05) is 5.43 Å². The zero-order valence-corrected chi connectivity index (χ0v) is 10.7. The molecule has 11 heteroatoms. The number of nitrogen functional groups attached to an aromatic ring is 1. The van der Waals surface area contributed by atoms with E-state index in [0.29, 0.717) is 12.2 Å². The van der Waals surface area contributed by atoms with Gasteiger partial charge < -0.3 is 0 Å². The summed E-state index contributed by atoms with van der Waals surface area (Å²) in [7, 11) is 0. The van der Waals surface area contributed by atoms with Gasteiger partial charge in [-0.2, -0.15) is 0 Å². The molecule has 0 aliphatic carbocycles. The Labute approximate surface area is 117 Å². The summed E-state index contributed by atoms with van der Waals surface area (Å²) in [4.78, 5) is 27.2. The van der Waals surface area contributed by atoms with E-state index in [9.17, 15) is 9.59 Å². The number of aromatic nitrogens is 7. The molecule has 108 valence electrons. The molecule has 0 unspecified atom stereocenters. The van der Waals surface area contributed by atoms with Crippen LogP contribution in [0.5, 0.6) is 0 Å². The average molecular weight is 289 g/mol. The summed E-state index contributed by atoms with van der Waals surface area (Å²) in [5.41, 5.74) is 2.26. The second-order valence-electron chi connectivity index (χ2n) is 4.15. The van der Waals surface area contributed by atoms with Crippen LogP contribution in [0.2, 0.25) is 0 Å². The zero-order valence-electron chi connectivity index (χ0n) is 10.7. The van der Waals surface area contributed by atoms with Gasteiger partial charge in [0.2, 0.25) is 0 Å². The molecular weight excluding hydrogens is 278 g/mol. The summed E-state index contributed by atoms with van der Waals surface area (Å²) < 4.78 is 4.11. The Balaban J connectivity index is 1.77. The summed E-state index contributed by atoms with van der Waals surface area (Å²) in [5.74, 6) is 4.47. The smallest absolute Gasteiger partial charge is 0.289 e. The number of carbonyl (C=O) groups excluding carboxylic acids is 1. The lowest BCUT2D eigenvalue weighted by atomic mass is 10.4. The van der Waals surface area contributed by atoms with Crippen LogP contribution < -0.4 is 17.0 Å². The molecule has 0 bridgehead atoms. The van der Waals surface area contributed by atoms with Crippen LogP contribution in [0.25, 0.3) is 5.65 Å². The van der Waals surface area contributed by atoms with E-state index < -0.39 is 5.91 Å². The molecule has 0 saturated carbocycles. The fourth-order valence-corrected chi connectivity index (χ4v) is 1.81. The van der Waals surface area contributed by atoms with Gasteiger partial charge in [-0.1, -0.05) is 5.21 Å². The third-order valence-corrected chi connectivity index (χ3v) is 2.83. The van der Waals surface area contributed by atoms with E-state index in [1.54, 1.807) is 6.20 Å². The molecule has 3 aromatic rings. The predicted octanol–water partition coefficient (Wildman–Crippen LogP) is -2.21. The number of hydrogen-bond donors (Lipinski definition) is 2. The fourth-order valence-electron chi connectivity index (χ4n) is 1.81. The highest BCUT2D eigenvalue weighted by Crippen LogP contribution is 1.95. The quantitative estimate of drug-likeness (QED) is 0.315. The average Bonchev–Trinajstić information content (AvgIpc) is 3.10. The van der Waals surface area contributed by atoms with E-state index >= 15 is 0 Å². The number of nitrogens with two attached hydrogens (primary N) is 1. The van der Waals surface area contributed by atoms with Crippen molar-refractivity contribution in [3.05, 3.63) is 41.0 Å². The number of nitrogens with zero attached hydrogens (tertiary/aromatic N) is 7. The van der Waals surface area contributed by atoms with Gasteiger partial charge in [-0.05, 0) is 0 Å². The summed E-state index contributed by atoms with van der Waals surface area (Å²) in [5, 5.41) is 11.6. The summed E-state index contributed by atoms with van der Waals surface area (Å²) in [6.45, 7) is 0.621. The largest absolute Gasteiger partial charge is 0.350 e. The van der Waals surface area contributed by atoms with Gasteiger partial charge in [0.25, 0.3) is 5.91 Å². The molecule has 0 aliphatic heterocycles. The van der Waals surface area contributed by atoms with Crippen molar-refractivity contribution in [3.63, 3.8) is 0 Å². The molecule has 0 saturated heterocycles. The van der Waals surface area contributed by atoms with Crippen LogP contribution in [0.1, 0.15) is 10.5 Å². The molecule has 3 N–H and O–H groups in total. The number of nitrogens with one attached hydrogen (secondary N) is 1. The van der Waals surface area contributed by atoms with Crippen molar-refractivity contribution >= 4 is 11.6 Å². The predicted molar refractivity (Wildman–Crippen MR) is 68.9 cm³/mol. The molecule has 3 heterocycles. The maximum Gasteiger partial charge on any atom is 0.350 e. The van der Waals surface area contributed by atoms with Crippen molar-refractivity contribution in [1.82, 2.24) is 39.6 Å². The van der Waals surface area contributed by atoms with Crippen molar-refractivity contribution < 1.29 is 4.79 Å². The van der Waals surface area contributed by atoms with E-state index in [-0.39, 0.29) is 17.9 Å². The summed E-state index contributed by atoms with van der Waals surface area (Å²) in [6.07, 6.45) is 5.98. The molecule has 0 atom stereocenters. The molecule has 0 spiro atoms. The lowest BCUT2D eigenvalue weighted by Gasteiger charge is -1.98. The van der Waals surface area contributed by atoms with E-state index in [0.717, 1.165) is 0 Å². The number of hydrogen-bond acceptors (Lipinski definition) is 7. The first-order valence-electron chi connectivity index (χ1n) is 5.99. The zero-order chi connectivity index (χ0) is 14.8. The molecular formula is C10H11N9O2. The monoisotopic (exact) mass is 289 g/mol. The molecule has 3 aromatic heterocycles. The number of rotatable bonds is 4. The Morgan fingerprint density at radius 3 is 3.00 bits per heavy atom. The van der Waals surface area contributed by atoms with Gasteiger partial charge in [-0.25, -0.2) is 24.4 Å². The topological polar surface area (TPSA) is 138 Å². The summed E-state index contributed by atoms with van der Waals surface area (Å²) >= 11 is 0. The highest BCUT2D eigenvalue weighted by atomic mass is 16.2. The van der Waals surface area contributed by atoms with Gasteiger partial charge in [-0.15, -0.1) is 10.2 Å². The Bertz CT molecular complexity index is 845. The third-order valence-electron chi connectivity index (χ3n) is 2.83. The van der Waals surface area contributed by atoms with Gasteiger partial charge in [-0.3, -0.25) is 15.2 Å². The van der Waals surface area contributed by atoms with Crippen molar-refractivity contribution in [2.45, 2.75) is 13.1 Å². The number of amides is 1. The van der Waals surface area contributed by atoms with Gasteiger partial charge in [0.1, 0.15) is 0 Å². The van der Waals surface area contributed by atoms with Crippen LogP contribution >= 0.6 is 0 Å². The minimum atomic E-state index is -0.530. The maximum absolute atomic E-state index is 12.0. The number of aryl methyl sites for hydroxylation is 2. The standard InChI is InChI=1S/C10H11N9O2/c11-13-9(20)7-6-17(16-14-7)3-4-19-10(21)18-2-1-12-5-8(18)15-19/h1-2,5-6H,3-4,11H2,(H,13,20). The molecule has 0 fully saturated rings. The first-order chi connectivity index (χ1) is 10.2.